The minimum atomic E-state index is -4.66. The molecule has 0 saturated carbocycles. The molecule has 112 valence electrons. The van der Waals surface area contributed by atoms with Gasteiger partial charge in [0.25, 0.3) is 0 Å². The molecule has 0 bridgehead atoms. The summed E-state index contributed by atoms with van der Waals surface area (Å²) in [6.07, 6.45) is -3.21. The molecule has 2 N–H and O–H groups in total. The van der Waals surface area contributed by atoms with Crippen molar-refractivity contribution in [2.24, 2.45) is 0 Å². The lowest BCUT2D eigenvalue weighted by molar-refractivity contribution is -0.141. The number of hydrogen-bond acceptors (Lipinski definition) is 4. The first-order chi connectivity index (χ1) is 9.12. The average Bonchev–Trinajstić information content (AvgIpc) is 2.34. The van der Waals surface area contributed by atoms with E-state index in [0.29, 0.717) is 6.07 Å². The Hall–Kier alpha value is -1.64. The van der Waals surface area contributed by atoms with Gasteiger partial charge >= 0.3 is 12.1 Å². The molecule has 9 heteroatoms. The Morgan fingerprint density at radius 2 is 2.10 bits per heavy atom. The number of carboxylic acids is 1. The SMILES string of the molecule is CC(CNc1nc(C(F)(F)F)ccc1C(=O)O)S(C)=O. The molecule has 2 atom stereocenters. The van der Waals surface area contributed by atoms with Crippen molar-refractivity contribution in [2.45, 2.75) is 18.3 Å². The van der Waals surface area contributed by atoms with Crippen molar-refractivity contribution in [2.75, 3.05) is 18.1 Å². The second kappa shape index (κ2) is 6.21. The minimum absolute atomic E-state index is 0.0533. The van der Waals surface area contributed by atoms with E-state index in [1.54, 1.807) is 6.92 Å². The molecular formula is C11H13F3N2O3S. The Bertz CT molecular complexity index is 534. The van der Waals surface area contributed by atoms with Crippen molar-refractivity contribution >= 4 is 22.6 Å². The highest BCUT2D eigenvalue weighted by Gasteiger charge is 2.33. The number of rotatable bonds is 5. The number of halogens is 3. The zero-order valence-corrected chi connectivity index (χ0v) is 11.5. The fourth-order valence-corrected chi connectivity index (χ4v) is 1.60. The number of aromatic nitrogens is 1. The van der Waals surface area contributed by atoms with Crippen LogP contribution in [0.5, 0.6) is 0 Å². The molecule has 0 aliphatic heterocycles. The summed E-state index contributed by atoms with van der Waals surface area (Å²) >= 11 is 0. The van der Waals surface area contributed by atoms with E-state index in [1.807, 2.05) is 0 Å². The van der Waals surface area contributed by atoms with Gasteiger partial charge in [-0.25, -0.2) is 9.78 Å². The quantitative estimate of drug-likeness (QED) is 0.869. The van der Waals surface area contributed by atoms with Crippen LogP contribution in [0.1, 0.15) is 23.0 Å². The van der Waals surface area contributed by atoms with Crippen molar-refractivity contribution in [1.82, 2.24) is 4.98 Å². The largest absolute Gasteiger partial charge is 0.478 e. The zero-order chi connectivity index (χ0) is 15.5. The van der Waals surface area contributed by atoms with Crippen LogP contribution in [0.25, 0.3) is 0 Å². The Kier molecular flexibility index (Phi) is 5.09. The number of pyridine rings is 1. The number of aromatic carboxylic acids is 1. The third kappa shape index (κ3) is 4.19. The molecule has 0 spiro atoms. The molecule has 0 saturated heterocycles. The van der Waals surface area contributed by atoms with Crippen LogP contribution in [-0.2, 0) is 17.0 Å². The van der Waals surface area contributed by atoms with Gasteiger partial charge in [-0.15, -0.1) is 0 Å². The molecule has 1 aromatic heterocycles. The van der Waals surface area contributed by atoms with E-state index < -0.39 is 28.6 Å². The van der Waals surface area contributed by atoms with E-state index in [9.17, 15) is 22.2 Å². The molecular weight excluding hydrogens is 297 g/mol. The molecule has 0 amide bonds. The molecule has 0 aliphatic carbocycles. The lowest BCUT2D eigenvalue weighted by atomic mass is 10.2. The molecule has 2 unspecified atom stereocenters. The molecule has 0 fully saturated rings. The van der Waals surface area contributed by atoms with Crippen molar-refractivity contribution in [3.63, 3.8) is 0 Å². The minimum Gasteiger partial charge on any atom is -0.478 e. The second-order valence-electron chi connectivity index (χ2n) is 4.09. The lowest BCUT2D eigenvalue weighted by Crippen LogP contribution is -2.23. The molecule has 20 heavy (non-hydrogen) atoms. The first kappa shape index (κ1) is 16.4. The maximum absolute atomic E-state index is 12.5. The van der Waals surface area contributed by atoms with Gasteiger partial charge in [-0.3, -0.25) is 4.21 Å². The van der Waals surface area contributed by atoms with Crippen molar-refractivity contribution in [3.8, 4) is 0 Å². The zero-order valence-electron chi connectivity index (χ0n) is 10.7. The van der Waals surface area contributed by atoms with E-state index >= 15 is 0 Å². The normalized spacial score (nSPS) is 14.7. The summed E-state index contributed by atoms with van der Waals surface area (Å²) in [7, 11) is -1.18. The highest BCUT2D eigenvalue weighted by molar-refractivity contribution is 7.84. The van der Waals surface area contributed by atoms with Gasteiger partial charge in [0.1, 0.15) is 17.1 Å². The summed E-state index contributed by atoms with van der Waals surface area (Å²) in [6, 6.07) is 1.45. The number of nitrogens with zero attached hydrogens (tertiary/aromatic N) is 1. The predicted molar refractivity (Wildman–Crippen MR) is 68.2 cm³/mol. The number of carboxylic acid groups (broad SMARTS) is 1. The standard InChI is InChI=1S/C11H13F3N2O3S/c1-6(20(2)19)5-15-9-7(10(17)18)3-4-8(16-9)11(12,13)14/h3-4,6H,5H2,1-2H3,(H,15,16)(H,17,18). The third-order valence-corrected chi connectivity index (χ3v) is 3.84. The topological polar surface area (TPSA) is 79.3 Å². The highest BCUT2D eigenvalue weighted by atomic mass is 32.2. The van der Waals surface area contributed by atoms with Gasteiger partial charge in [0, 0.05) is 28.9 Å². The summed E-state index contributed by atoms with van der Waals surface area (Å²) in [6.45, 7) is 1.68. The monoisotopic (exact) mass is 310 g/mol. The van der Waals surface area contributed by atoms with Crippen molar-refractivity contribution in [1.29, 1.82) is 0 Å². The van der Waals surface area contributed by atoms with Crippen LogP contribution >= 0.6 is 0 Å². The average molecular weight is 310 g/mol. The summed E-state index contributed by atoms with van der Waals surface area (Å²) in [4.78, 5) is 14.2. The number of carbonyl (C=O) groups is 1. The Labute approximate surface area is 115 Å². The smallest absolute Gasteiger partial charge is 0.433 e. The Balaban J connectivity index is 3.07. The molecule has 1 rings (SSSR count). The summed E-state index contributed by atoms with van der Waals surface area (Å²) < 4.78 is 48.8. The van der Waals surface area contributed by atoms with Gasteiger partial charge in [0.05, 0.1) is 0 Å². The van der Waals surface area contributed by atoms with E-state index in [0.717, 1.165) is 6.07 Å². The van der Waals surface area contributed by atoms with Crippen LogP contribution in [0.3, 0.4) is 0 Å². The van der Waals surface area contributed by atoms with Crippen LogP contribution in [-0.4, -0.2) is 38.3 Å². The van der Waals surface area contributed by atoms with Crippen molar-refractivity contribution < 1.29 is 27.3 Å². The van der Waals surface area contributed by atoms with Crippen molar-refractivity contribution in [3.05, 3.63) is 23.4 Å². The molecule has 1 aromatic rings. The number of hydrogen-bond donors (Lipinski definition) is 2. The number of anilines is 1. The van der Waals surface area contributed by atoms with Crippen LogP contribution in [0, 0.1) is 0 Å². The summed E-state index contributed by atoms with van der Waals surface area (Å²) in [5.41, 5.74) is -1.55. The van der Waals surface area contributed by atoms with Crippen LogP contribution in [0.4, 0.5) is 19.0 Å². The van der Waals surface area contributed by atoms with Gasteiger partial charge in [0.2, 0.25) is 0 Å². The fraction of sp³-hybridized carbons (Fsp3) is 0.455. The Morgan fingerprint density at radius 3 is 2.55 bits per heavy atom. The molecule has 0 radical (unpaired) electrons. The van der Waals surface area contributed by atoms with Gasteiger partial charge in [-0.2, -0.15) is 13.2 Å². The lowest BCUT2D eigenvalue weighted by Gasteiger charge is -2.14. The van der Waals surface area contributed by atoms with Gasteiger partial charge in [0.15, 0.2) is 0 Å². The van der Waals surface area contributed by atoms with E-state index in [1.165, 1.54) is 6.26 Å². The maximum Gasteiger partial charge on any atom is 0.433 e. The summed E-state index contributed by atoms with van der Waals surface area (Å²) in [5, 5.41) is 11.1. The first-order valence-corrected chi connectivity index (χ1v) is 7.12. The maximum atomic E-state index is 12.5. The van der Waals surface area contributed by atoms with E-state index in [4.69, 9.17) is 5.11 Å². The first-order valence-electron chi connectivity index (χ1n) is 5.50. The molecule has 0 aliphatic rings. The van der Waals surface area contributed by atoms with Gasteiger partial charge in [-0.1, -0.05) is 0 Å². The highest BCUT2D eigenvalue weighted by Crippen LogP contribution is 2.29. The van der Waals surface area contributed by atoms with Gasteiger partial charge < -0.3 is 10.4 Å². The predicted octanol–water partition coefficient (Wildman–Crippen LogP) is 1.98. The molecule has 1 heterocycles. The number of nitrogens with one attached hydrogen (secondary N) is 1. The van der Waals surface area contributed by atoms with Gasteiger partial charge in [-0.05, 0) is 19.1 Å². The Morgan fingerprint density at radius 1 is 1.50 bits per heavy atom. The molecule has 0 aromatic carbocycles. The number of alkyl halides is 3. The van der Waals surface area contributed by atoms with Crippen LogP contribution < -0.4 is 5.32 Å². The van der Waals surface area contributed by atoms with Crippen LogP contribution in [0.15, 0.2) is 12.1 Å². The third-order valence-electron chi connectivity index (χ3n) is 2.54. The fourth-order valence-electron chi connectivity index (χ4n) is 1.28. The van der Waals surface area contributed by atoms with E-state index in [2.05, 4.69) is 10.3 Å². The van der Waals surface area contributed by atoms with E-state index in [-0.39, 0.29) is 23.2 Å². The van der Waals surface area contributed by atoms with Crippen LogP contribution in [0.2, 0.25) is 0 Å². The molecule has 5 nitrogen and oxygen atoms in total. The second-order valence-corrected chi connectivity index (χ2v) is 5.89. The summed E-state index contributed by atoms with van der Waals surface area (Å²) in [5.74, 6) is -1.77.